The number of aromatic carboxylic acids is 1. The molecular formula is C67H58F3N17O8. The lowest BCUT2D eigenvalue weighted by molar-refractivity contribution is -0.214. The highest BCUT2D eigenvalue weighted by Crippen LogP contribution is 2.28. The van der Waals surface area contributed by atoms with Gasteiger partial charge in [-0.3, -0.25) is 44.4 Å². The van der Waals surface area contributed by atoms with Crippen molar-refractivity contribution in [2.75, 3.05) is 7.11 Å². The molecule has 9 heterocycles. The number of nitriles is 1. The maximum atomic E-state index is 13.3. The number of carbonyl (C=O) groups excluding carboxylic acids is 4. The Bertz CT molecular complexity index is 4570. The Balaban J connectivity index is 0.000000164. The Labute approximate surface area is 538 Å². The first-order chi connectivity index (χ1) is 46.0. The van der Waals surface area contributed by atoms with E-state index in [0.717, 1.165) is 11.1 Å². The largest absolute Gasteiger partial charge is 0.477 e. The van der Waals surface area contributed by atoms with Gasteiger partial charge in [0.15, 0.2) is 0 Å². The van der Waals surface area contributed by atoms with Crippen molar-refractivity contribution in [1.29, 1.82) is 5.26 Å². The summed E-state index contributed by atoms with van der Waals surface area (Å²) >= 11 is 0. The second-order valence-electron chi connectivity index (χ2n) is 20.6. The van der Waals surface area contributed by atoms with Crippen LogP contribution in [0.4, 0.5) is 13.2 Å². The van der Waals surface area contributed by atoms with Crippen molar-refractivity contribution in [2.45, 2.75) is 58.2 Å². The molecule has 3 aromatic carbocycles. The summed E-state index contributed by atoms with van der Waals surface area (Å²) in [6.07, 6.45) is 20.2. The molecule has 95 heavy (non-hydrogen) atoms. The van der Waals surface area contributed by atoms with Gasteiger partial charge in [-0.15, -0.1) is 0 Å². The number of nitrogens with two attached hydrogens (primary N) is 1. The van der Waals surface area contributed by atoms with Crippen molar-refractivity contribution in [3.8, 4) is 23.1 Å². The van der Waals surface area contributed by atoms with E-state index in [1.807, 2.05) is 26.8 Å². The van der Waals surface area contributed by atoms with E-state index in [1.165, 1.54) is 80.6 Å². The summed E-state index contributed by atoms with van der Waals surface area (Å²) in [6, 6.07) is 28.5. The number of hydrogen-bond acceptors (Lipinski definition) is 17. The number of hydrogen-bond donors (Lipinski definition) is 6. The number of carboxylic acids is 1. The van der Waals surface area contributed by atoms with Gasteiger partial charge in [-0.05, 0) is 145 Å². The van der Waals surface area contributed by atoms with Crippen LogP contribution in [0.25, 0.3) is 49.8 Å². The van der Waals surface area contributed by atoms with Crippen molar-refractivity contribution in [3.63, 3.8) is 0 Å². The summed E-state index contributed by atoms with van der Waals surface area (Å²) < 4.78 is 44.5. The molecule has 0 aliphatic carbocycles. The lowest BCUT2D eigenvalue weighted by Crippen LogP contribution is -2.28. The quantitative estimate of drug-likeness (QED) is 0.0364. The van der Waals surface area contributed by atoms with E-state index in [9.17, 15) is 37.1 Å². The Morgan fingerprint density at radius 2 is 0.821 bits per heavy atom. The Hall–Kier alpha value is -12.5. The number of pyridine rings is 6. The molecule has 7 N–H and O–H groups in total. The number of fused-ring (bicyclic) bond motifs is 3. The van der Waals surface area contributed by atoms with Gasteiger partial charge in [-0.2, -0.15) is 20.6 Å². The average Bonchev–Trinajstić information content (AvgIpc) is 1.68. The second-order valence-corrected chi connectivity index (χ2v) is 20.6. The smallest absolute Gasteiger partial charge is 0.354 e. The summed E-state index contributed by atoms with van der Waals surface area (Å²) in [5.74, 6) is -3.80. The van der Waals surface area contributed by atoms with Gasteiger partial charge in [0.05, 0.1) is 113 Å². The summed E-state index contributed by atoms with van der Waals surface area (Å²) in [6.45, 7) is 5.75. The molecule has 12 rings (SSSR count). The fraction of sp³-hybridized carbons (Fsp3) is 0.149. The molecule has 0 saturated carbocycles. The molecule has 3 atom stereocenters. The van der Waals surface area contributed by atoms with E-state index < -0.39 is 17.9 Å². The second kappa shape index (κ2) is 31.0. The molecule has 0 unspecified atom stereocenters. The van der Waals surface area contributed by atoms with Crippen molar-refractivity contribution in [1.82, 2.24) is 75.2 Å². The molecule has 0 radical (unpaired) electrons. The number of halogens is 3. The highest BCUT2D eigenvalue weighted by Gasteiger charge is 2.24. The summed E-state index contributed by atoms with van der Waals surface area (Å²) in [4.78, 5) is 89.3. The monoisotopic (exact) mass is 1290 g/mol. The van der Waals surface area contributed by atoms with Gasteiger partial charge in [0.2, 0.25) is 0 Å². The number of benzene rings is 3. The SMILES string of the molecule is CC[C@H](NC(=O)c1cncc2c1cnn2-c1ccc(F)cc1)c1ccnc(C#N)c1.CC[C@H](NC(=O)c1cncc2c1cnn2-c1ccc(F)cc1)c1ccnc(C(=O)O)c1.CC[C@H](NC(=O)c1cncc2c1cnn2-c1ccc(F)cc1)c1ccnc(C(N)=O)c1.COO. The van der Waals surface area contributed by atoms with Gasteiger partial charge in [0.1, 0.15) is 40.6 Å². The molecule has 9 aromatic heterocycles. The van der Waals surface area contributed by atoms with Crippen LogP contribution < -0.4 is 21.7 Å². The van der Waals surface area contributed by atoms with Gasteiger partial charge < -0.3 is 26.8 Å². The lowest BCUT2D eigenvalue weighted by atomic mass is 10.0. The van der Waals surface area contributed by atoms with Crippen LogP contribution in [0, 0.1) is 28.8 Å². The fourth-order valence-corrected chi connectivity index (χ4v) is 10.0. The zero-order valence-electron chi connectivity index (χ0n) is 51.0. The summed E-state index contributed by atoms with van der Waals surface area (Å²) in [5.41, 5.74) is 12.7. The first-order valence-electron chi connectivity index (χ1n) is 29.1. The van der Waals surface area contributed by atoms with E-state index in [4.69, 9.17) is 21.4 Å². The van der Waals surface area contributed by atoms with Gasteiger partial charge in [-0.1, -0.05) is 20.8 Å². The zero-order chi connectivity index (χ0) is 67.7. The first-order valence-corrected chi connectivity index (χ1v) is 29.1. The minimum atomic E-state index is -1.13. The van der Waals surface area contributed by atoms with E-state index >= 15 is 0 Å². The highest BCUT2D eigenvalue weighted by molar-refractivity contribution is 6.08. The number of nitrogens with zero attached hydrogens (tertiary/aromatic N) is 13. The molecular weight excluding hydrogens is 1230 g/mol. The molecule has 0 saturated heterocycles. The van der Waals surface area contributed by atoms with E-state index in [0.29, 0.717) is 97.0 Å². The van der Waals surface area contributed by atoms with Crippen LogP contribution in [-0.2, 0) is 4.89 Å². The number of primary amides is 1. The van der Waals surface area contributed by atoms with E-state index in [2.05, 4.69) is 66.0 Å². The van der Waals surface area contributed by atoms with Crippen LogP contribution in [0.5, 0.6) is 0 Å². The summed E-state index contributed by atoms with van der Waals surface area (Å²) in [5, 5.41) is 49.0. The van der Waals surface area contributed by atoms with Gasteiger partial charge >= 0.3 is 5.97 Å². The third-order valence-corrected chi connectivity index (χ3v) is 14.7. The number of amides is 4. The Kier molecular flexibility index (Phi) is 21.9. The predicted octanol–water partition coefficient (Wildman–Crippen LogP) is 10.3. The number of nitrogens with one attached hydrogen (secondary N) is 3. The molecule has 0 aliphatic heterocycles. The van der Waals surface area contributed by atoms with Crippen molar-refractivity contribution < 1.29 is 52.4 Å². The molecule has 12 aromatic rings. The molecule has 480 valence electrons. The number of rotatable bonds is 17. The third-order valence-electron chi connectivity index (χ3n) is 14.7. The minimum Gasteiger partial charge on any atom is -0.477 e. The normalized spacial score (nSPS) is 11.7. The van der Waals surface area contributed by atoms with Crippen LogP contribution >= 0.6 is 0 Å². The molecule has 4 amide bonds. The Morgan fingerprint density at radius 3 is 1.14 bits per heavy atom. The van der Waals surface area contributed by atoms with Crippen LogP contribution in [0.3, 0.4) is 0 Å². The minimum absolute atomic E-state index is 0.0884. The molecule has 0 bridgehead atoms. The molecule has 0 aliphatic rings. The maximum Gasteiger partial charge on any atom is 0.354 e. The van der Waals surface area contributed by atoms with E-state index in [1.54, 1.807) is 124 Å². The average molecular weight is 1290 g/mol. The Morgan fingerprint density at radius 1 is 0.505 bits per heavy atom. The maximum absolute atomic E-state index is 13.3. The standard InChI is InChI=1S/C22H19FN6O2.C22H17FN6O.C22H18FN5O3.CH4O2/c1-2-18(13-7-8-26-19(9-13)21(24)30)28-22(31)17-10-25-12-20-16(17)11-27-29(20)15-5-3-14(23)4-6-15;1-2-20(14-7-8-26-16(9-14)10-24)28-22(30)19-11-25-13-21-18(19)12-27-29(21)17-5-3-15(23)4-6-17;1-2-18(13-7-8-25-19(9-13)22(30)31)27-21(29)17-10-24-12-20-16(17)11-26-28(20)15-5-3-14(23)4-6-15;1-3-2/h3-12,18H,2H2,1H3,(H2,24,30)(H,28,31);3-9,11-13,20H,2H2,1H3,(H,28,30);3-12,18H,2H2,1H3,(H,27,29)(H,30,31);2H,1H3/t18-;20-;18-;/m000./s1. The predicted molar refractivity (Wildman–Crippen MR) is 341 cm³/mol. The molecule has 0 spiro atoms. The number of carboxylic acid groups (broad SMARTS) is 1. The van der Waals surface area contributed by atoms with Crippen molar-refractivity contribution in [3.05, 3.63) is 251 Å². The van der Waals surface area contributed by atoms with Gasteiger partial charge in [-0.25, -0.2) is 46.9 Å². The fourth-order valence-electron chi connectivity index (χ4n) is 10.0. The molecule has 25 nitrogen and oxygen atoms in total. The van der Waals surface area contributed by atoms with E-state index in [-0.39, 0.29) is 58.6 Å². The summed E-state index contributed by atoms with van der Waals surface area (Å²) in [7, 11) is 1.18. The molecule has 0 fully saturated rings. The van der Waals surface area contributed by atoms with Crippen molar-refractivity contribution in [2.24, 2.45) is 5.73 Å². The number of carbonyl (C=O) groups is 5. The number of aromatic nitrogens is 12. The van der Waals surface area contributed by atoms with Crippen molar-refractivity contribution >= 4 is 62.3 Å². The van der Waals surface area contributed by atoms with Crippen LogP contribution in [0.15, 0.2) is 184 Å². The van der Waals surface area contributed by atoms with Gasteiger partial charge in [0.25, 0.3) is 23.6 Å². The third kappa shape index (κ3) is 15.8. The highest BCUT2D eigenvalue weighted by atomic mass is 19.1. The van der Waals surface area contributed by atoms with Gasteiger partial charge in [0, 0.05) is 53.3 Å². The first kappa shape index (κ1) is 66.9. The van der Waals surface area contributed by atoms with Crippen LogP contribution in [0.1, 0.15) is 133 Å². The van der Waals surface area contributed by atoms with Crippen LogP contribution in [0.2, 0.25) is 0 Å². The lowest BCUT2D eigenvalue weighted by Gasteiger charge is -2.18. The topological polar surface area (TPSA) is 352 Å². The molecule has 28 heteroatoms. The van der Waals surface area contributed by atoms with Crippen LogP contribution in [-0.4, -0.2) is 106 Å². The zero-order valence-corrected chi connectivity index (χ0v) is 51.0.